The van der Waals surface area contributed by atoms with Gasteiger partial charge in [0.25, 0.3) is 0 Å². The van der Waals surface area contributed by atoms with Gasteiger partial charge in [-0.25, -0.2) is 26.7 Å². The SMILES string of the molecule is CCS(=O)(=O)NCCCNC(=O)NC(C)c1ccc(F)c(F)c1. The second kappa shape index (κ2) is 8.78. The molecule has 0 spiro atoms. The molecule has 1 atom stereocenters. The summed E-state index contributed by atoms with van der Waals surface area (Å²) in [5.74, 6) is -1.91. The summed E-state index contributed by atoms with van der Waals surface area (Å²) in [4.78, 5) is 11.7. The fraction of sp³-hybridized carbons (Fsp3) is 0.500. The summed E-state index contributed by atoms with van der Waals surface area (Å²) in [5, 5.41) is 5.14. The molecule has 1 rings (SSSR count). The summed E-state index contributed by atoms with van der Waals surface area (Å²) in [6.45, 7) is 3.69. The van der Waals surface area contributed by atoms with E-state index in [9.17, 15) is 22.0 Å². The molecule has 9 heteroatoms. The van der Waals surface area contributed by atoms with Crippen LogP contribution in [-0.2, 0) is 10.0 Å². The molecule has 0 aliphatic heterocycles. The van der Waals surface area contributed by atoms with Crippen LogP contribution in [0.15, 0.2) is 18.2 Å². The first-order valence-corrected chi connectivity index (χ1v) is 8.87. The molecule has 0 bridgehead atoms. The minimum Gasteiger partial charge on any atom is -0.338 e. The molecule has 0 aliphatic carbocycles. The Morgan fingerprint density at radius 2 is 1.91 bits per heavy atom. The standard InChI is InChI=1S/C14H21F2N3O3S/c1-3-23(21,22)18-8-4-7-17-14(20)19-10(2)11-5-6-12(15)13(16)9-11/h5-6,9-10,18H,3-4,7-8H2,1-2H3,(H2,17,19,20). The normalized spacial score (nSPS) is 12.7. The minimum atomic E-state index is -3.23. The zero-order valence-electron chi connectivity index (χ0n) is 13.0. The maximum Gasteiger partial charge on any atom is 0.315 e. The molecule has 1 aromatic rings. The van der Waals surface area contributed by atoms with Crippen LogP contribution in [0.2, 0.25) is 0 Å². The third kappa shape index (κ3) is 6.91. The van der Waals surface area contributed by atoms with E-state index in [2.05, 4.69) is 15.4 Å². The summed E-state index contributed by atoms with van der Waals surface area (Å²) in [5.41, 5.74) is 0.440. The predicted molar refractivity (Wildman–Crippen MR) is 83.4 cm³/mol. The Labute approximate surface area is 134 Å². The predicted octanol–water partition coefficient (Wildman–Crippen LogP) is 1.65. The molecule has 0 saturated carbocycles. The molecular weight excluding hydrogens is 328 g/mol. The molecule has 6 nitrogen and oxygen atoms in total. The van der Waals surface area contributed by atoms with E-state index in [1.807, 2.05) is 0 Å². The maximum absolute atomic E-state index is 13.1. The van der Waals surface area contributed by atoms with Crippen LogP contribution in [-0.4, -0.2) is 33.3 Å². The lowest BCUT2D eigenvalue weighted by Gasteiger charge is -2.15. The molecule has 1 unspecified atom stereocenters. The highest BCUT2D eigenvalue weighted by molar-refractivity contribution is 7.89. The molecule has 1 aromatic carbocycles. The molecule has 2 amide bonds. The van der Waals surface area contributed by atoms with E-state index in [0.29, 0.717) is 12.0 Å². The summed E-state index contributed by atoms with van der Waals surface area (Å²) in [7, 11) is -3.23. The van der Waals surface area contributed by atoms with E-state index in [-0.39, 0.29) is 18.8 Å². The number of hydrogen-bond acceptors (Lipinski definition) is 3. The van der Waals surface area contributed by atoms with Crippen molar-refractivity contribution in [3.05, 3.63) is 35.4 Å². The number of carbonyl (C=O) groups excluding carboxylic acids is 1. The van der Waals surface area contributed by atoms with Crippen molar-refractivity contribution in [2.24, 2.45) is 0 Å². The van der Waals surface area contributed by atoms with Gasteiger partial charge in [-0.1, -0.05) is 6.07 Å². The van der Waals surface area contributed by atoms with Crippen LogP contribution in [0.25, 0.3) is 0 Å². The quantitative estimate of drug-likeness (QED) is 0.624. The zero-order valence-corrected chi connectivity index (χ0v) is 13.8. The number of rotatable bonds is 8. The number of benzene rings is 1. The largest absolute Gasteiger partial charge is 0.338 e. The van der Waals surface area contributed by atoms with Gasteiger partial charge in [0.05, 0.1) is 11.8 Å². The fourth-order valence-electron chi connectivity index (χ4n) is 1.73. The third-order valence-corrected chi connectivity index (χ3v) is 4.54. The Morgan fingerprint density at radius 1 is 1.22 bits per heavy atom. The van der Waals surface area contributed by atoms with Crippen LogP contribution in [0.3, 0.4) is 0 Å². The van der Waals surface area contributed by atoms with Gasteiger partial charge in [0.1, 0.15) is 0 Å². The lowest BCUT2D eigenvalue weighted by molar-refractivity contribution is 0.238. The molecule has 0 aliphatic rings. The van der Waals surface area contributed by atoms with Crippen molar-refractivity contribution in [2.45, 2.75) is 26.3 Å². The molecule has 0 fully saturated rings. The van der Waals surface area contributed by atoms with Gasteiger partial charge in [-0.2, -0.15) is 0 Å². The van der Waals surface area contributed by atoms with Crippen molar-refractivity contribution in [1.29, 1.82) is 0 Å². The van der Waals surface area contributed by atoms with E-state index in [0.717, 1.165) is 12.1 Å². The van der Waals surface area contributed by atoms with Crippen molar-refractivity contribution in [1.82, 2.24) is 15.4 Å². The zero-order chi connectivity index (χ0) is 17.5. The van der Waals surface area contributed by atoms with Crippen molar-refractivity contribution >= 4 is 16.1 Å². The van der Waals surface area contributed by atoms with Crippen LogP contribution in [0, 0.1) is 11.6 Å². The Kier molecular flexibility index (Phi) is 7.37. The van der Waals surface area contributed by atoms with Crippen LogP contribution < -0.4 is 15.4 Å². The Morgan fingerprint density at radius 3 is 2.52 bits per heavy atom. The van der Waals surface area contributed by atoms with E-state index < -0.39 is 33.7 Å². The number of hydrogen-bond donors (Lipinski definition) is 3. The molecule has 0 heterocycles. The topological polar surface area (TPSA) is 87.3 Å². The number of halogens is 2. The van der Waals surface area contributed by atoms with Gasteiger partial charge in [-0.15, -0.1) is 0 Å². The van der Waals surface area contributed by atoms with Crippen LogP contribution in [0.5, 0.6) is 0 Å². The summed E-state index contributed by atoms with van der Waals surface area (Å²) in [6.07, 6.45) is 0.437. The first kappa shape index (κ1) is 19.3. The second-order valence-electron chi connectivity index (χ2n) is 4.95. The summed E-state index contributed by atoms with van der Waals surface area (Å²) < 4.78 is 50.7. The average Bonchev–Trinajstić information content (AvgIpc) is 2.49. The molecule has 0 radical (unpaired) electrons. The molecule has 23 heavy (non-hydrogen) atoms. The minimum absolute atomic E-state index is 0.00661. The van der Waals surface area contributed by atoms with Crippen LogP contribution in [0.1, 0.15) is 31.9 Å². The Bertz CT molecular complexity index is 638. The number of sulfonamides is 1. The van der Waals surface area contributed by atoms with Crippen LogP contribution >= 0.6 is 0 Å². The Balaban J connectivity index is 2.32. The molecular formula is C14H21F2N3O3S. The molecule has 0 aromatic heterocycles. The lowest BCUT2D eigenvalue weighted by Crippen LogP contribution is -2.38. The third-order valence-electron chi connectivity index (χ3n) is 3.13. The summed E-state index contributed by atoms with van der Waals surface area (Å²) >= 11 is 0. The van der Waals surface area contributed by atoms with Gasteiger partial charge in [0.15, 0.2) is 11.6 Å². The second-order valence-corrected chi connectivity index (χ2v) is 7.04. The van der Waals surface area contributed by atoms with Crippen molar-refractivity contribution in [3.8, 4) is 0 Å². The van der Waals surface area contributed by atoms with E-state index in [1.165, 1.54) is 13.0 Å². The van der Waals surface area contributed by atoms with E-state index >= 15 is 0 Å². The van der Waals surface area contributed by atoms with Gasteiger partial charge in [-0.3, -0.25) is 0 Å². The van der Waals surface area contributed by atoms with Crippen molar-refractivity contribution < 1.29 is 22.0 Å². The Hall–Kier alpha value is -1.74. The van der Waals surface area contributed by atoms with Gasteiger partial charge in [0, 0.05) is 13.1 Å². The molecule has 3 N–H and O–H groups in total. The van der Waals surface area contributed by atoms with Gasteiger partial charge in [0.2, 0.25) is 10.0 Å². The number of carbonyl (C=O) groups is 1. The van der Waals surface area contributed by atoms with Crippen molar-refractivity contribution in [2.75, 3.05) is 18.8 Å². The van der Waals surface area contributed by atoms with Gasteiger partial charge < -0.3 is 10.6 Å². The maximum atomic E-state index is 13.1. The molecule has 0 saturated heterocycles. The van der Waals surface area contributed by atoms with Gasteiger partial charge in [-0.05, 0) is 38.0 Å². The van der Waals surface area contributed by atoms with E-state index in [4.69, 9.17) is 0 Å². The monoisotopic (exact) mass is 349 g/mol. The average molecular weight is 349 g/mol. The number of nitrogens with one attached hydrogen (secondary N) is 3. The first-order chi connectivity index (χ1) is 10.7. The number of urea groups is 1. The molecule has 130 valence electrons. The summed E-state index contributed by atoms with van der Waals surface area (Å²) in [6, 6.07) is 2.45. The number of amides is 2. The van der Waals surface area contributed by atoms with Crippen LogP contribution in [0.4, 0.5) is 13.6 Å². The lowest BCUT2D eigenvalue weighted by atomic mass is 10.1. The smallest absolute Gasteiger partial charge is 0.315 e. The van der Waals surface area contributed by atoms with E-state index in [1.54, 1.807) is 6.92 Å². The van der Waals surface area contributed by atoms with Crippen molar-refractivity contribution in [3.63, 3.8) is 0 Å². The highest BCUT2D eigenvalue weighted by Crippen LogP contribution is 2.15. The fourth-order valence-corrected chi connectivity index (χ4v) is 2.39. The highest BCUT2D eigenvalue weighted by Gasteiger charge is 2.11. The highest BCUT2D eigenvalue weighted by atomic mass is 32.2. The first-order valence-electron chi connectivity index (χ1n) is 7.22. The van der Waals surface area contributed by atoms with Gasteiger partial charge >= 0.3 is 6.03 Å².